The second-order valence-corrected chi connectivity index (χ2v) is 5.77. The molecule has 0 aliphatic carbocycles. The molecular formula is C13H16BrClN2O2. The van der Waals surface area contributed by atoms with Crippen molar-refractivity contribution in [2.24, 2.45) is 0 Å². The van der Waals surface area contributed by atoms with E-state index >= 15 is 0 Å². The van der Waals surface area contributed by atoms with E-state index in [1.165, 1.54) is 0 Å². The van der Waals surface area contributed by atoms with Crippen molar-refractivity contribution in [2.45, 2.75) is 32.9 Å². The van der Waals surface area contributed by atoms with Crippen LogP contribution in [0, 0.1) is 0 Å². The van der Waals surface area contributed by atoms with Gasteiger partial charge in [0.05, 0.1) is 5.56 Å². The number of rotatable bonds is 4. The number of benzene rings is 1. The lowest BCUT2D eigenvalue weighted by atomic mass is 10.2. The van der Waals surface area contributed by atoms with E-state index in [2.05, 4.69) is 26.6 Å². The Morgan fingerprint density at radius 2 is 1.84 bits per heavy atom. The van der Waals surface area contributed by atoms with Crippen LogP contribution in [0.2, 0.25) is 5.02 Å². The molecule has 0 saturated carbocycles. The summed E-state index contributed by atoms with van der Waals surface area (Å²) in [7, 11) is 0. The van der Waals surface area contributed by atoms with Gasteiger partial charge in [-0.25, -0.2) is 0 Å². The molecule has 0 spiro atoms. The van der Waals surface area contributed by atoms with Gasteiger partial charge in [-0.2, -0.15) is 0 Å². The van der Waals surface area contributed by atoms with Crippen molar-refractivity contribution in [1.29, 1.82) is 0 Å². The fourth-order valence-corrected chi connectivity index (χ4v) is 2.29. The molecule has 1 aromatic rings. The minimum Gasteiger partial charge on any atom is -0.352 e. The minimum atomic E-state index is -0.600. The van der Waals surface area contributed by atoms with Crippen LogP contribution in [0.3, 0.4) is 0 Å². The van der Waals surface area contributed by atoms with Crippen LogP contribution in [0.15, 0.2) is 22.7 Å². The number of carbonyl (C=O) groups is 2. The summed E-state index contributed by atoms with van der Waals surface area (Å²) in [5.41, 5.74) is 0.439. The predicted molar refractivity (Wildman–Crippen MR) is 79.4 cm³/mol. The maximum Gasteiger partial charge on any atom is 0.253 e. The summed E-state index contributed by atoms with van der Waals surface area (Å²) in [4.78, 5) is 23.7. The van der Waals surface area contributed by atoms with Crippen molar-refractivity contribution >= 4 is 39.3 Å². The van der Waals surface area contributed by atoms with Gasteiger partial charge in [0.1, 0.15) is 6.04 Å². The molecule has 104 valence electrons. The lowest BCUT2D eigenvalue weighted by Gasteiger charge is -2.16. The highest BCUT2D eigenvalue weighted by Crippen LogP contribution is 2.21. The average Bonchev–Trinajstić information content (AvgIpc) is 2.27. The Morgan fingerprint density at radius 1 is 1.21 bits per heavy atom. The molecule has 0 aliphatic heterocycles. The van der Waals surface area contributed by atoms with Crippen LogP contribution in [0.25, 0.3) is 0 Å². The van der Waals surface area contributed by atoms with Gasteiger partial charge >= 0.3 is 0 Å². The van der Waals surface area contributed by atoms with E-state index < -0.39 is 6.04 Å². The molecule has 19 heavy (non-hydrogen) atoms. The van der Waals surface area contributed by atoms with E-state index in [-0.39, 0.29) is 17.9 Å². The van der Waals surface area contributed by atoms with E-state index in [1.807, 2.05) is 13.8 Å². The lowest BCUT2D eigenvalue weighted by molar-refractivity contribution is -0.123. The molecule has 0 aromatic heterocycles. The van der Waals surface area contributed by atoms with Crippen LogP contribution in [-0.2, 0) is 4.79 Å². The molecule has 6 heteroatoms. The van der Waals surface area contributed by atoms with Crippen molar-refractivity contribution < 1.29 is 9.59 Å². The second kappa shape index (κ2) is 6.91. The first-order valence-electron chi connectivity index (χ1n) is 5.87. The Kier molecular flexibility index (Phi) is 5.82. The van der Waals surface area contributed by atoms with Gasteiger partial charge < -0.3 is 10.6 Å². The van der Waals surface area contributed by atoms with Crippen LogP contribution >= 0.6 is 27.5 Å². The topological polar surface area (TPSA) is 58.2 Å². The summed E-state index contributed by atoms with van der Waals surface area (Å²) in [5, 5.41) is 5.91. The largest absolute Gasteiger partial charge is 0.352 e. The second-order valence-electron chi connectivity index (χ2n) is 4.48. The molecule has 0 bridgehead atoms. The zero-order chi connectivity index (χ0) is 14.6. The molecule has 0 aliphatic rings. The third-order valence-corrected chi connectivity index (χ3v) is 3.24. The highest BCUT2D eigenvalue weighted by atomic mass is 79.9. The van der Waals surface area contributed by atoms with Crippen LogP contribution in [-0.4, -0.2) is 23.9 Å². The fraction of sp³-hybridized carbons (Fsp3) is 0.385. The summed E-state index contributed by atoms with van der Waals surface area (Å²) >= 11 is 9.08. The van der Waals surface area contributed by atoms with Gasteiger partial charge in [-0.1, -0.05) is 11.6 Å². The molecule has 0 saturated heterocycles. The number of amides is 2. The molecule has 1 rings (SSSR count). The first kappa shape index (κ1) is 16.0. The summed E-state index contributed by atoms with van der Waals surface area (Å²) < 4.78 is 0.592. The maximum atomic E-state index is 12.0. The lowest BCUT2D eigenvalue weighted by Crippen LogP contribution is -2.46. The molecule has 1 atom stereocenters. The zero-order valence-electron chi connectivity index (χ0n) is 11.0. The standard InChI is InChI=1S/C13H16BrClN2O2/c1-7(2)16-12(18)8(3)17-13(19)10-5-4-9(15)6-11(10)14/h4-8H,1-3H3,(H,16,18)(H,17,19). The highest BCUT2D eigenvalue weighted by molar-refractivity contribution is 9.10. The van der Waals surface area contributed by atoms with Gasteiger partial charge in [-0.3, -0.25) is 9.59 Å². The van der Waals surface area contributed by atoms with Gasteiger partial charge in [-0.05, 0) is 54.9 Å². The minimum absolute atomic E-state index is 0.0362. The highest BCUT2D eigenvalue weighted by Gasteiger charge is 2.18. The Bertz CT molecular complexity index is 492. The van der Waals surface area contributed by atoms with Crippen LogP contribution in [0.4, 0.5) is 0 Å². The zero-order valence-corrected chi connectivity index (χ0v) is 13.3. The molecule has 2 N–H and O–H groups in total. The van der Waals surface area contributed by atoms with Crippen LogP contribution in [0.5, 0.6) is 0 Å². The van der Waals surface area contributed by atoms with Gasteiger partial charge in [0.25, 0.3) is 5.91 Å². The molecule has 0 fully saturated rings. The van der Waals surface area contributed by atoms with E-state index in [0.717, 1.165) is 0 Å². The quantitative estimate of drug-likeness (QED) is 0.880. The van der Waals surface area contributed by atoms with Gasteiger partial charge in [0, 0.05) is 15.5 Å². The smallest absolute Gasteiger partial charge is 0.253 e. The molecule has 4 nitrogen and oxygen atoms in total. The fourth-order valence-electron chi connectivity index (χ4n) is 1.42. The van der Waals surface area contributed by atoms with Gasteiger partial charge in [0.15, 0.2) is 0 Å². The summed E-state index contributed by atoms with van der Waals surface area (Å²) in [6, 6.07) is 4.30. The molecule has 0 radical (unpaired) electrons. The molecule has 1 unspecified atom stereocenters. The predicted octanol–water partition coefficient (Wildman–Crippen LogP) is 2.75. The Hall–Kier alpha value is -1.07. The van der Waals surface area contributed by atoms with E-state index in [0.29, 0.717) is 15.1 Å². The summed E-state index contributed by atoms with van der Waals surface area (Å²) in [6.45, 7) is 5.36. The van der Waals surface area contributed by atoms with Crippen LogP contribution < -0.4 is 10.6 Å². The molecule has 2 amide bonds. The van der Waals surface area contributed by atoms with Crippen molar-refractivity contribution in [3.8, 4) is 0 Å². The third kappa shape index (κ3) is 4.84. The summed E-state index contributed by atoms with van der Waals surface area (Å²) in [5.74, 6) is -0.539. The number of halogens is 2. The Morgan fingerprint density at radius 3 is 2.37 bits per heavy atom. The number of nitrogens with one attached hydrogen (secondary N) is 2. The summed E-state index contributed by atoms with van der Waals surface area (Å²) in [6.07, 6.45) is 0. The first-order valence-corrected chi connectivity index (χ1v) is 7.04. The van der Waals surface area contributed by atoms with E-state index in [9.17, 15) is 9.59 Å². The van der Waals surface area contributed by atoms with Crippen LogP contribution in [0.1, 0.15) is 31.1 Å². The number of carbonyl (C=O) groups excluding carboxylic acids is 2. The number of hydrogen-bond acceptors (Lipinski definition) is 2. The molecule has 1 aromatic carbocycles. The van der Waals surface area contributed by atoms with E-state index in [1.54, 1.807) is 25.1 Å². The van der Waals surface area contributed by atoms with Gasteiger partial charge in [-0.15, -0.1) is 0 Å². The monoisotopic (exact) mass is 346 g/mol. The molecule has 0 heterocycles. The van der Waals surface area contributed by atoms with Gasteiger partial charge in [0.2, 0.25) is 5.91 Å². The maximum absolute atomic E-state index is 12.0. The molecular weight excluding hydrogens is 332 g/mol. The normalized spacial score (nSPS) is 12.1. The first-order chi connectivity index (χ1) is 8.81. The van der Waals surface area contributed by atoms with E-state index in [4.69, 9.17) is 11.6 Å². The van der Waals surface area contributed by atoms with Crippen molar-refractivity contribution in [3.63, 3.8) is 0 Å². The Balaban J connectivity index is 2.71. The average molecular weight is 348 g/mol. The van der Waals surface area contributed by atoms with Crippen molar-refractivity contribution in [2.75, 3.05) is 0 Å². The third-order valence-electron chi connectivity index (χ3n) is 2.35. The van der Waals surface area contributed by atoms with Crippen molar-refractivity contribution in [3.05, 3.63) is 33.3 Å². The number of hydrogen-bond donors (Lipinski definition) is 2. The van der Waals surface area contributed by atoms with Crippen molar-refractivity contribution in [1.82, 2.24) is 10.6 Å². The SMILES string of the molecule is CC(C)NC(=O)C(C)NC(=O)c1ccc(Cl)cc1Br. The Labute approximate surface area is 126 Å².